The summed E-state index contributed by atoms with van der Waals surface area (Å²) in [4.78, 5) is 37.3. The third-order valence-electron chi connectivity index (χ3n) is 5.97. The van der Waals surface area contributed by atoms with Crippen molar-refractivity contribution in [2.45, 2.75) is 6.30 Å². The highest BCUT2D eigenvalue weighted by Crippen LogP contribution is 2.30. The molecule has 0 unspecified atom stereocenters. The maximum atomic E-state index is 13.9. The Kier molecular flexibility index (Phi) is 6.19. The Morgan fingerprint density at radius 3 is 2.35 bits per heavy atom. The fourth-order valence-electron chi connectivity index (χ4n) is 4.28. The molecule has 5 aromatic rings. The molecule has 0 aliphatic heterocycles. The number of alkyl halides is 3. The van der Waals surface area contributed by atoms with Crippen LogP contribution in [0.5, 0.6) is 0 Å². The van der Waals surface area contributed by atoms with E-state index in [1.165, 1.54) is 30.7 Å². The lowest BCUT2D eigenvalue weighted by Crippen LogP contribution is -2.69. The molecule has 4 aromatic heterocycles. The van der Waals surface area contributed by atoms with Gasteiger partial charge in [-0.15, -0.1) is 13.2 Å². The lowest BCUT2D eigenvalue weighted by atomic mass is 10.1. The van der Waals surface area contributed by atoms with Crippen molar-refractivity contribution in [2.75, 3.05) is 0 Å². The number of nitrogens with zero attached hydrogens (tertiary/aromatic N) is 5. The summed E-state index contributed by atoms with van der Waals surface area (Å²) in [6.07, 6.45) is -0.857. The van der Waals surface area contributed by atoms with E-state index in [-0.39, 0.29) is 31.6 Å². The van der Waals surface area contributed by atoms with E-state index in [1.54, 1.807) is 41.9 Å². The monoisotopic (exact) mass is 561 g/mol. The van der Waals surface area contributed by atoms with Crippen LogP contribution in [0.15, 0.2) is 78.1 Å². The van der Waals surface area contributed by atoms with E-state index < -0.39 is 25.8 Å². The van der Waals surface area contributed by atoms with Crippen LogP contribution in [0.25, 0.3) is 22.3 Å². The zero-order chi connectivity index (χ0) is 26.5. The first-order valence-electron chi connectivity index (χ1n) is 10.7. The largest absolute Gasteiger partial charge is 0.493 e. The van der Waals surface area contributed by atoms with Gasteiger partial charge in [0, 0.05) is 41.5 Å². The van der Waals surface area contributed by atoms with E-state index in [4.69, 9.17) is 23.2 Å². The second kappa shape index (κ2) is 9.10. The van der Waals surface area contributed by atoms with Gasteiger partial charge in [0.05, 0.1) is 17.3 Å². The van der Waals surface area contributed by atoms with Gasteiger partial charge in [0.2, 0.25) is 0 Å². The summed E-state index contributed by atoms with van der Waals surface area (Å²) in [5.41, 5.74) is -1.68. The van der Waals surface area contributed by atoms with E-state index in [0.29, 0.717) is 15.5 Å². The van der Waals surface area contributed by atoms with Gasteiger partial charge < -0.3 is 9.36 Å². The summed E-state index contributed by atoms with van der Waals surface area (Å²) >= 11 is 12.1. The van der Waals surface area contributed by atoms with Crippen LogP contribution >= 0.6 is 23.2 Å². The molecule has 0 fully saturated rings. The van der Waals surface area contributed by atoms with Crippen LogP contribution in [-0.2, 0) is 13.3 Å². The molecule has 0 radical (unpaired) electrons. The predicted molar refractivity (Wildman–Crippen MR) is 137 cm³/mol. The van der Waals surface area contributed by atoms with Crippen LogP contribution in [-0.4, -0.2) is 37.2 Å². The molecule has 0 saturated carbocycles. The maximum absolute atomic E-state index is 13.9. The third kappa shape index (κ3) is 4.33. The highest BCUT2D eigenvalue weighted by molar-refractivity contribution is 7.05. The van der Waals surface area contributed by atoms with Crippen LogP contribution in [0, 0.1) is 0 Å². The summed E-state index contributed by atoms with van der Waals surface area (Å²) in [6, 6.07) is 13.4. The maximum Gasteiger partial charge on any atom is 0.493 e. The van der Waals surface area contributed by atoms with Gasteiger partial charge in [-0.1, -0.05) is 41.4 Å². The number of imidazole rings is 1. The lowest BCUT2D eigenvalue weighted by Gasteiger charge is -2.27. The first kappa shape index (κ1) is 25.1. The van der Waals surface area contributed by atoms with Crippen LogP contribution in [0.3, 0.4) is 0 Å². The molecule has 1 atom stereocenters. The Hall–Kier alpha value is -3.51. The molecule has 0 amide bonds. The number of hydrogen-bond donors (Lipinski definition) is 1. The summed E-state index contributed by atoms with van der Waals surface area (Å²) in [6.45, 7) is 0. The van der Waals surface area contributed by atoms with Crippen molar-refractivity contribution in [3.8, 4) is 11.3 Å². The molecule has 37 heavy (non-hydrogen) atoms. The molecule has 7 nitrogen and oxygen atoms in total. The van der Waals surface area contributed by atoms with Gasteiger partial charge in [0.1, 0.15) is 5.15 Å². The average molecular weight is 562 g/mol. The minimum absolute atomic E-state index is 0.0359. The highest BCUT2D eigenvalue weighted by atomic mass is 35.5. The molecule has 4 heterocycles. The number of pyridine rings is 3. The van der Waals surface area contributed by atoms with Crippen molar-refractivity contribution in [2.24, 2.45) is 7.05 Å². The number of aryl methyl sites for hydroxylation is 1. The highest BCUT2D eigenvalue weighted by Gasteiger charge is 2.42. The number of halogens is 5. The number of hydrogen-bond acceptors (Lipinski definition) is 5. The fraction of sp³-hybridized carbons (Fsp3) is 0.0833. The third-order valence-corrected chi connectivity index (χ3v) is 9.93. The van der Waals surface area contributed by atoms with Gasteiger partial charge in [-0.05, 0) is 40.7 Å². The van der Waals surface area contributed by atoms with E-state index in [2.05, 4.69) is 15.0 Å². The van der Waals surface area contributed by atoms with Gasteiger partial charge in [-0.3, -0.25) is 4.79 Å². The topological polar surface area (TPSA) is 85.8 Å². The molecule has 5 rings (SSSR count). The summed E-state index contributed by atoms with van der Waals surface area (Å²) in [5, 5.41) is 1.74. The first-order valence-corrected chi connectivity index (χ1v) is 13.4. The van der Waals surface area contributed by atoms with Crippen LogP contribution in [0.1, 0.15) is 0 Å². The Morgan fingerprint density at radius 1 is 1.00 bits per heavy atom. The van der Waals surface area contributed by atoms with Crippen molar-refractivity contribution in [3.05, 3.63) is 93.8 Å². The number of benzene rings is 1. The zero-order valence-corrected chi connectivity index (χ0v) is 21.4. The SMILES string of the molecule is Cn1cncc1[Si@@](O)(c1ccc(Cl)cc1)c1cnc2c(c1)c(-c1cccc(Cl)n1)cc(=O)n2C(F)(F)F. The van der Waals surface area contributed by atoms with Gasteiger partial charge >= 0.3 is 14.6 Å². The van der Waals surface area contributed by atoms with Crippen LogP contribution in [0.4, 0.5) is 13.2 Å². The Morgan fingerprint density at radius 2 is 1.73 bits per heavy atom. The number of fused-ring (bicyclic) bond motifs is 1. The van der Waals surface area contributed by atoms with Crippen LogP contribution in [0.2, 0.25) is 10.2 Å². The molecular formula is C24H16Cl2F3N5O2Si. The van der Waals surface area contributed by atoms with Crippen molar-refractivity contribution in [1.82, 2.24) is 24.1 Å². The molecule has 188 valence electrons. The molecule has 1 N–H and O–H groups in total. The van der Waals surface area contributed by atoms with E-state index in [9.17, 15) is 22.8 Å². The molecular weight excluding hydrogens is 546 g/mol. The Bertz CT molecular complexity index is 1710. The molecule has 0 saturated heterocycles. The Balaban J connectivity index is 1.88. The molecule has 1 aromatic carbocycles. The number of aromatic nitrogens is 5. The second-order valence-electron chi connectivity index (χ2n) is 8.25. The molecule has 0 aliphatic carbocycles. The molecule has 0 aliphatic rings. The van der Waals surface area contributed by atoms with Gasteiger partial charge in [0.15, 0.2) is 5.65 Å². The summed E-state index contributed by atoms with van der Waals surface area (Å²) < 4.78 is 43.0. The predicted octanol–water partition coefficient (Wildman–Crippen LogP) is 2.93. The quantitative estimate of drug-likeness (QED) is 0.269. The standard InChI is InChI=1S/C24H16Cl2F3N5O2Si/c1-33-13-30-12-22(33)37(36,15-7-5-14(25)6-8-15)16-9-18-17(19-3-2-4-20(26)32-19)10-21(35)34(24(27,28)29)23(18)31-11-16/h2-13,36H,1H3/t37-/m1/s1. The zero-order valence-electron chi connectivity index (χ0n) is 18.9. The minimum atomic E-state index is -5.03. The van der Waals surface area contributed by atoms with E-state index >= 15 is 0 Å². The van der Waals surface area contributed by atoms with Crippen molar-refractivity contribution in [1.29, 1.82) is 0 Å². The number of rotatable bonds is 4. The van der Waals surface area contributed by atoms with Gasteiger partial charge in [-0.25, -0.2) is 19.5 Å². The minimum Gasteiger partial charge on any atom is -0.420 e. The van der Waals surface area contributed by atoms with Crippen molar-refractivity contribution in [3.63, 3.8) is 0 Å². The molecule has 0 bridgehead atoms. The first-order chi connectivity index (χ1) is 17.5. The van der Waals surface area contributed by atoms with Gasteiger partial charge in [-0.2, -0.15) is 0 Å². The summed E-state index contributed by atoms with van der Waals surface area (Å²) in [5.74, 6) is 0. The molecule has 13 heteroatoms. The normalized spacial score (nSPS) is 13.6. The van der Waals surface area contributed by atoms with Crippen molar-refractivity contribution >= 4 is 58.2 Å². The molecule has 0 spiro atoms. The Labute approximate surface area is 218 Å². The smallest absolute Gasteiger partial charge is 0.420 e. The average Bonchev–Trinajstić information content (AvgIpc) is 3.28. The van der Waals surface area contributed by atoms with Gasteiger partial charge in [0.25, 0.3) is 5.56 Å². The summed E-state index contributed by atoms with van der Waals surface area (Å²) in [7, 11) is -2.16. The van der Waals surface area contributed by atoms with E-state index in [1.807, 2.05) is 0 Å². The van der Waals surface area contributed by atoms with Crippen molar-refractivity contribution < 1.29 is 18.0 Å². The second-order valence-corrected chi connectivity index (χ2v) is 12.2. The fourth-order valence-corrected chi connectivity index (χ4v) is 7.57. The lowest BCUT2D eigenvalue weighted by molar-refractivity contribution is -0.203. The van der Waals surface area contributed by atoms with E-state index in [0.717, 1.165) is 12.3 Å². The van der Waals surface area contributed by atoms with Crippen LogP contribution < -0.4 is 21.2 Å².